The molecule has 2 nitrogen and oxygen atoms in total. The van der Waals surface area contributed by atoms with Crippen LogP contribution in [0.3, 0.4) is 0 Å². The van der Waals surface area contributed by atoms with Crippen molar-refractivity contribution >= 4 is 5.65 Å². The van der Waals surface area contributed by atoms with E-state index in [1.165, 1.54) is 0 Å². The minimum Gasteiger partial charge on any atom is -0.307 e. The van der Waals surface area contributed by atoms with Crippen LogP contribution < -0.4 is 0 Å². The monoisotopic (exact) mass is 174 g/mol. The highest BCUT2D eigenvalue weighted by Crippen LogP contribution is 2.21. The average molecular weight is 174 g/mol. The highest BCUT2D eigenvalue weighted by Gasteiger charge is 2.16. The van der Waals surface area contributed by atoms with Gasteiger partial charge in [-0.3, -0.25) is 0 Å². The highest BCUT2D eigenvalue weighted by atomic mass is 15.0. The first-order valence-electron chi connectivity index (χ1n) is 4.51. The van der Waals surface area contributed by atoms with E-state index in [4.69, 9.17) is 0 Å². The van der Waals surface area contributed by atoms with E-state index >= 15 is 0 Å². The fourth-order valence-corrected chi connectivity index (χ4v) is 1.30. The van der Waals surface area contributed by atoms with Crippen LogP contribution in [-0.4, -0.2) is 9.38 Å². The maximum absolute atomic E-state index is 4.55. The summed E-state index contributed by atoms with van der Waals surface area (Å²) in [5.41, 5.74) is 2.29. The van der Waals surface area contributed by atoms with E-state index < -0.39 is 0 Å². The summed E-state index contributed by atoms with van der Waals surface area (Å²) in [4.78, 5) is 4.55. The number of hydrogen-bond acceptors (Lipinski definition) is 1. The fourth-order valence-electron chi connectivity index (χ4n) is 1.30. The summed E-state index contributed by atoms with van der Waals surface area (Å²) in [5.74, 6) is 0. The van der Waals surface area contributed by atoms with Crippen molar-refractivity contribution in [3.8, 4) is 0 Å². The number of rotatable bonds is 0. The lowest BCUT2D eigenvalue weighted by Gasteiger charge is -2.13. The molecule has 0 bridgehead atoms. The maximum atomic E-state index is 4.55. The Morgan fingerprint density at radius 1 is 1.23 bits per heavy atom. The van der Waals surface area contributed by atoms with Gasteiger partial charge in [-0.05, 0) is 12.1 Å². The van der Waals surface area contributed by atoms with Crippen LogP contribution in [0, 0.1) is 0 Å². The van der Waals surface area contributed by atoms with Crippen molar-refractivity contribution in [3.05, 3.63) is 36.3 Å². The van der Waals surface area contributed by atoms with E-state index in [0.29, 0.717) is 0 Å². The Morgan fingerprint density at radius 2 is 2.00 bits per heavy atom. The largest absolute Gasteiger partial charge is 0.307 e. The molecule has 0 aromatic carbocycles. The molecule has 0 aliphatic heterocycles. The summed E-state index contributed by atoms with van der Waals surface area (Å²) in [5, 5.41) is 0. The van der Waals surface area contributed by atoms with Gasteiger partial charge in [0, 0.05) is 17.8 Å². The van der Waals surface area contributed by atoms with Crippen LogP contribution in [0.1, 0.15) is 26.5 Å². The zero-order valence-corrected chi connectivity index (χ0v) is 8.28. The topological polar surface area (TPSA) is 17.3 Å². The fraction of sp³-hybridized carbons (Fsp3) is 0.364. The molecule has 2 rings (SSSR count). The van der Waals surface area contributed by atoms with E-state index in [9.17, 15) is 0 Å². The van der Waals surface area contributed by atoms with Crippen LogP contribution in [0.15, 0.2) is 30.6 Å². The SMILES string of the molecule is CC(C)(C)c1cn2ccccc2n1. The molecule has 2 heteroatoms. The zero-order valence-electron chi connectivity index (χ0n) is 8.28. The smallest absolute Gasteiger partial charge is 0.136 e. The van der Waals surface area contributed by atoms with Crippen molar-refractivity contribution in [2.45, 2.75) is 26.2 Å². The lowest BCUT2D eigenvalue weighted by Crippen LogP contribution is -2.11. The molecule has 2 aromatic rings. The summed E-state index contributed by atoms with van der Waals surface area (Å²) in [6.07, 6.45) is 4.12. The van der Waals surface area contributed by atoms with Gasteiger partial charge in [-0.15, -0.1) is 0 Å². The lowest BCUT2D eigenvalue weighted by molar-refractivity contribution is 0.573. The van der Waals surface area contributed by atoms with Gasteiger partial charge >= 0.3 is 0 Å². The van der Waals surface area contributed by atoms with Crippen LogP contribution in [0.2, 0.25) is 0 Å². The second kappa shape index (κ2) is 2.59. The minimum atomic E-state index is 0.131. The predicted octanol–water partition coefficient (Wildman–Crippen LogP) is 2.63. The molecule has 0 atom stereocenters. The molecule has 0 fully saturated rings. The molecule has 0 spiro atoms. The molecule has 68 valence electrons. The first-order valence-corrected chi connectivity index (χ1v) is 4.51. The standard InChI is InChI=1S/C11H14N2/c1-11(2,3)9-8-13-7-5-4-6-10(13)12-9/h4-8H,1-3H3. The number of imidazole rings is 1. The van der Waals surface area contributed by atoms with Gasteiger partial charge < -0.3 is 4.40 Å². The molecular weight excluding hydrogens is 160 g/mol. The Labute approximate surface area is 78.2 Å². The van der Waals surface area contributed by atoms with Gasteiger partial charge in [-0.1, -0.05) is 26.8 Å². The molecule has 0 N–H and O–H groups in total. The second-order valence-corrected chi connectivity index (χ2v) is 4.34. The van der Waals surface area contributed by atoms with Crippen LogP contribution in [0.4, 0.5) is 0 Å². The first-order chi connectivity index (χ1) is 6.07. The third-order valence-electron chi connectivity index (χ3n) is 2.13. The molecule has 0 radical (unpaired) electrons. The molecule has 0 aliphatic carbocycles. The Bertz CT molecular complexity index is 388. The Hall–Kier alpha value is -1.31. The summed E-state index contributed by atoms with van der Waals surface area (Å²) in [6.45, 7) is 6.53. The number of hydrogen-bond donors (Lipinski definition) is 0. The maximum Gasteiger partial charge on any atom is 0.136 e. The van der Waals surface area contributed by atoms with Gasteiger partial charge in [0.2, 0.25) is 0 Å². The van der Waals surface area contributed by atoms with Gasteiger partial charge in [-0.2, -0.15) is 0 Å². The zero-order chi connectivity index (χ0) is 9.47. The minimum absolute atomic E-state index is 0.131. The molecule has 2 aromatic heterocycles. The summed E-state index contributed by atoms with van der Waals surface area (Å²) >= 11 is 0. The molecule has 0 amide bonds. The quantitative estimate of drug-likeness (QED) is 0.600. The number of fused-ring (bicyclic) bond motifs is 1. The van der Waals surface area contributed by atoms with Crippen LogP contribution in [0.25, 0.3) is 5.65 Å². The molecule has 0 unspecified atom stereocenters. The van der Waals surface area contributed by atoms with Crippen LogP contribution >= 0.6 is 0 Å². The first kappa shape index (κ1) is 8.30. The Balaban J connectivity index is 2.63. The normalized spacial score (nSPS) is 12.2. The predicted molar refractivity (Wildman–Crippen MR) is 53.9 cm³/mol. The van der Waals surface area contributed by atoms with Crippen molar-refractivity contribution in [1.29, 1.82) is 0 Å². The van der Waals surface area contributed by atoms with Crippen molar-refractivity contribution in [2.75, 3.05) is 0 Å². The summed E-state index contributed by atoms with van der Waals surface area (Å²) in [7, 11) is 0. The summed E-state index contributed by atoms with van der Waals surface area (Å²) in [6, 6.07) is 6.05. The average Bonchev–Trinajstić information content (AvgIpc) is 2.45. The van der Waals surface area contributed by atoms with Crippen LogP contribution in [0.5, 0.6) is 0 Å². The molecule has 2 heterocycles. The van der Waals surface area contributed by atoms with E-state index in [-0.39, 0.29) is 5.41 Å². The van der Waals surface area contributed by atoms with Crippen molar-refractivity contribution < 1.29 is 0 Å². The van der Waals surface area contributed by atoms with Crippen LogP contribution in [-0.2, 0) is 5.41 Å². The number of aromatic nitrogens is 2. The molecule has 0 saturated heterocycles. The van der Waals surface area contributed by atoms with Crippen molar-refractivity contribution in [2.24, 2.45) is 0 Å². The third-order valence-corrected chi connectivity index (χ3v) is 2.13. The van der Waals surface area contributed by atoms with Gasteiger partial charge in [0.15, 0.2) is 0 Å². The second-order valence-electron chi connectivity index (χ2n) is 4.34. The van der Waals surface area contributed by atoms with Gasteiger partial charge in [0.05, 0.1) is 5.69 Å². The van der Waals surface area contributed by atoms with Crippen molar-refractivity contribution in [3.63, 3.8) is 0 Å². The Kier molecular flexibility index (Phi) is 1.65. The molecule has 0 saturated carbocycles. The molecule has 13 heavy (non-hydrogen) atoms. The van der Waals surface area contributed by atoms with Crippen molar-refractivity contribution in [1.82, 2.24) is 9.38 Å². The number of nitrogens with zero attached hydrogens (tertiary/aromatic N) is 2. The lowest BCUT2D eigenvalue weighted by atomic mass is 9.93. The van der Waals surface area contributed by atoms with E-state index in [2.05, 4.69) is 36.4 Å². The Morgan fingerprint density at radius 3 is 2.62 bits per heavy atom. The van der Waals surface area contributed by atoms with E-state index in [0.717, 1.165) is 11.3 Å². The summed E-state index contributed by atoms with van der Waals surface area (Å²) < 4.78 is 2.06. The highest BCUT2D eigenvalue weighted by molar-refractivity contribution is 5.40. The van der Waals surface area contributed by atoms with Gasteiger partial charge in [0.1, 0.15) is 5.65 Å². The van der Waals surface area contributed by atoms with Gasteiger partial charge in [0.25, 0.3) is 0 Å². The molecular formula is C11H14N2. The van der Waals surface area contributed by atoms with E-state index in [1.54, 1.807) is 0 Å². The third kappa shape index (κ3) is 1.44. The van der Waals surface area contributed by atoms with Gasteiger partial charge in [-0.25, -0.2) is 4.98 Å². The number of pyridine rings is 1. The molecule has 0 aliphatic rings. The van der Waals surface area contributed by atoms with E-state index in [1.807, 2.05) is 24.4 Å².